The third-order valence-electron chi connectivity index (χ3n) is 6.91. The van der Waals surface area contributed by atoms with E-state index >= 15 is 0 Å². The van der Waals surface area contributed by atoms with Crippen molar-refractivity contribution in [2.24, 2.45) is 17.8 Å². The molecule has 5 atom stereocenters. The van der Waals surface area contributed by atoms with Gasteiger partial charge in [0.05, 0.1) is 29.7 Å². The number of hydrogen-bond donors (Lipinski definition) is 5. The molecular weight excluding hydrogens is 446 g/mol. The van der Waals surface area contributed by atoms with Gasteiger partial charge in [-0.25, -0.2) is 0 Å². The van der Waals surface area contributed by atoms with Gasteiger partial charge in [0.2, 0.25) is 29.5 Å². The van der Waals surface area contributed by atoms with E-state index in [4.69, 9.17) is 0 Å². The van der Waals surface area contributed by atoms with Crippen LogP contribution in [0.1, 0.15) is 53.4 Å². The number of thiol groups is 1. The smallest absolute Gasteiger partial charge is 0.240 e. The Morgan fingerprint density at radius 3 is 2.39 bits per heavy atom. The minimum Gasteiger partial charge on any atom is -0.357 e. The number of β-lactam (4-membered cyclic amide) rings is 1. The molecule has 5 unspecified atom stereocenters. The molecule has 2 aliphatic rings. The van der Waals surface area contributed by atoms with Crippen LogP contribution in [0.15, 0.2) is 0 Å². The summed E-state index contributed by atoms with van der Waals surface area (Å²) in [5, 5.41) is 8.45. The van der Waals surface area contributed by atoms with E-state index in [0.29, 0.717) is 6.42 Å². The molecule has 1 heterocycles. The van der Waals surface area contributed by atoms with E-state index in [1.807, 2.05) is 0 Å². The molecule has 186 valence electrons. The number of amides is 5. The molecule has 5 amide bonds. The van der Waals surface area contributed by atoms with Crippen LogP contribution in [-0.4, -0.2) is 70.9 Å². The highest BCUT2D eigenvalue weighted by atomic mass is 32.1. The predicted molar refractivity (Wildman–Crippen MR) is 125 cm³/mol. The second kappa shape index (κ2) is 11.3. The minimum atomic E-state index is -0.769. The highest BCUT2D eigenvalue weighted by molar-refractivity contribution is 7.81. The van der Waals surface area contributed by atoms with Crippen LogP contribution in [-0.2, 0) is 24.0 Å². The molecule has 0 aromatic heterocycles. The number of nitrogens with zero attached hydrogens (tertiary/aromatic N) is 1. The lowest BCUT2D eigenvalue weighted by Crippen LogP contribution is -2.74. The third kappa shape index (κ3) is 6.06. The van der Waals surface area contributed by atoms with Gasteiger partial charge in [-0.2, -0.15) is 12.6 Å². The van der Waals surface area contributed by atoms with E-state index in [2.05, 4.69) is 34.3 Å². The number of carbonyl (C=O) groups excluding carboxylic acids is 5. The van der Waals surface area contributed by atoms with Crippen LogP contribution in [0, 0.1) is 17.8 Å². The Morgan fingerprint density at radius 2 is 1.85 bits per heavy atom. The van der Waals surface area contributed by atoms with E-state index < -0.39 is 23.4 Å². The van der Waals surface area contributed by atoms with Crippen molar-refractivity contribution in [1.82, 2.24) is 20.9 Å². The van der Waals surface area contributed by atoms with Crippen LogP contribution in [0.4, 0.5) is 0 Å². The summed E-state index contributed by atoms with van der Waals surface area (Å²) in [7, 11) is 0. The molecule has 0 aromatic carbocycles. The summed E-state index contributed by atoms with van der Waals surface area (Å²) >= 11 is 3.91. The monoisotopic (exact) mass is 484 g/mol. The van der Waals surface area contributed by atoms with Crippen molar-refractivity contribution in [2.75, 3.05) is 18.8 Å². The first-order valence-electron chi connectivity index (χ1n) is 11.6. The van der Waals surface area contributed by atoms with Crippen molar-refractivity contribution in [3.8, 4) is 0 Å². The molecule has 0 aromatic rings. The molecule has 1 saturated heterocycles. The minimum absolute atomic E-state index is 0.0224. The first-order valence-corrected chi connectivity index (χ1v) is 12.2. The van der Waals surface area contributed by atoms with Crippen LogP contribution < -0.4 is 21.7 Å². The Labute approximate surface area is 200 Å². The lowest BCUT2D eigenvalue weighted by atomic mass is 9.74. The Hall–Kier alpha value is -2.14. The van der Waals surface area contributed by atoms with Gasteiger partial charge < -0.3 is 21.7 Å². The molecule has 2 rings (SSSR count). The van der Waals surface area contributed by atoms with Gasteiger partial charge in [0, 0.05) is 25.6 Å². The van der Waals surface area contributed by atoms with E-state index in [9.17, 15) is 24.0 Å². The molecule has 1 aliphatic heterocycles. The maximum absolute atomic E-state index is 13.3. The van der Waals surface area contributed by atoms with Crippen LogP contribution >= 0.6 is 12.6 Å². The molecule has 10 nitrogen and oxygen atoms in total. The maximum atomic E-state index is 13.3. The summed E-state index contributed by atoms with van der Waals surface area (Å²) in [5.41, 5.74) is 3.10. The molecular formula is C22H38N5O5S+. The van der Waals surface area contributed by atoms with Crippen molar-refractivity contribution in [3.63, 3.8) is 0 Å². The molecule has 0 bridgehead atoms. The van der Waals surface area contributed by atoms with Crippen molar-refractivity contribution in [2.45, 2.75) is 71.0 Å². The number of imide groups is 1. The van der Waals surface area contributed by atoms with Crippen LogP contribution in [0.5, 0.6) is 0 Å². The number of likely N-dealkylation sites (tertiary alicyclic amines) is 1. The van der Waals surface area contributed by atoms with Gasteiger partial charge in [-0.05, 0) is 33.6 Å². The van der Waals surface area contributed by atoms with Gasteiger partial charge in [-0.3, -0.25) is 28.9 Å². The average Bonchev–Trinajstić information content (AvgIpc) is 2.73. The van der Waals surface area contributed by atoms with Gasteiger partial charge in [0.25, 0.3) is 0 Å². The van der Waals surface area contributed by atoms with Crippen LogP contribution in [0.25, 0.3) is 0 Å². The highest BCUT2D eigenvalue weighted by Gasteiger charge is 2.58. The largest absolute Gasteiger partial charge is 0.357 e. The van der Waals surface area contributed by atoms with Gasteiger partial charge >= 0.3 is 0 Å². The number of carbonyl (C=O) groups is 5. The molecule has 0 radical (unpaired) electrons. The van der Waals surface area contributed by atoms with Gasteiger partial charge in [-0.1, -0.05) is 12.8 Å². The summed E-state index contributed by atoms with van der Waals surface area (Å²) in [4.78, 5) is 63.3. The number of nitrogens with one attached hydrogen (secondary N) is 3. The fraction of sp³-hybridized carbons (Fsp3) is 0.773. The fourth-order valence-electron chi connectivity index (χ4n) is 4.90. The number of rotatable bonds is 9. The summed E-state index contributed by atoms with van der Waals surface area (Å²) in [5.74, 6) is -2.90. The maximum Gasteiger partial charge on any atom is 0.240 e. The van der Waals surface area contributed by atoms with E-state index in [-0.39, 0.29) is 60.3 Å². The molecule has 0 spiro atoms. The predicted octanol–water partition coefficient (Wildman–Crippen LogP) is -1.15. The number of quaternary nitrogens is 1. The Bertz CT molecular complexity index is 789. The molecule has 11 heteroatoms. The molecule has 33 heavy (non-hydrogen) atoms. The third-order valence-corrected chi connectivity index (χ3v) is 7.20. The van der Waals surface area contributed by atoms with Gasteiger partial charge in [0.1, 0.15) is 5.92 Å². The zero-order valence-corrected chi connectivity index (χ0v) is 20.9. The second-order valence-corrected chi connectivity index (χ2v) is 9.89. The highest BCUT2D eigenvalue weighted by Crippen LogP contribution is 2.38. The average molecular weight is 485 g/mol. The van der Waals surface area contributed by atoms with E-state index in [1.54, 1.807) is 20.8 Å². The molecule has 1 saturated carbocycles. The summed E-state index contributed by atoms with van der Waals surface area (Å²) in [6, 6.07) is -0.754. The lowest BCUT2D eigenvalue weighted by molar-refractivity contribution is -0.377. The molecule has 1 aliphatic carbocycles. The van der Waals surface area contributed by atoms with Crippen molar-refractivity contribution < 1.29 is 29.7 Å². The van der Waals surface area contributed by atoms with Gasteiger partial charge in [-0.15, -0.1) is 0 Å². The van der Waals surface area contributed by atoms with Crippen LogP contribution in [0.2, 0.25) is 0 Å². The molecule has 2 fully saturated rings. The summed E-state index contributed by atoms with van der Waals surface area (Å²) in [6.45, 7) is 7.10. The quantitative estimate of drug-likeness (QED) is 0.207. The normalized spacial score (nSPS) is 25.9. The standard InChI is InChI=1S/C22H37N5O5S/c1-12(25-19(30)14-7-5-6-8-17(14)26-13(2)28)15(9-23)20(31)27-21(32)16(22(27,3)4)10-24-18(29)11-33/h12,14-17,33H,5-11,23H2,1-4H3,(H,24,29)(H,25,30)(H,26,28)/p+1. The number of hydrogen-bond acceptors (Lipinski definition) is 6. The van der Waals surface area contributed by atoms with Crippen LogP contribution in [0.3, 0.4) is 0 Å². The topological polar surface area (TPSA) is 152 Å². The van der Waals surface area contributed by atoms with Crippen molar-refractivity contribution >= 4 is 42.2 Å². The van der Waals surface area contributed by atoms with E-state index in [1.165, 1.54) is 11.8 Å². The zero-order valence-electron chi connectivity index (χ0n) is 20.0. The first-order chi connectivity index (χ1) is 15.4. The fourth-order valence-corrected chi connectivity index (χ4v) is 5.01. The lowest BCUT2D eigenvalue weighted by Gasteiger charge is -2.53. The first kappa shape index (κ1) is 27.1. The molecule has 6 N–H and O–H groups in total. The Balaban J connectivity index is 2.04. The van der Waals surface area contributed by atoms with Crippen molar-refractivity contribution in [3.05, 3.63) is 0 Å². The Morgan fingerprint density at radius 1 is 1.21 bits per heavy atom. The Kier molecular flexibility index (Phi) is 9.30. The van der Waals surface area contributed by atoms with Gasteiger partial charge in [0.15, 0.2) is 0 Å². The van der Waals surface area contributed by atoms with Crippen molar-refractivity contribution in [1.29, 1.82) is 0 Å². The second-order valence-electron chi connectivity index (χ2n) is 9.57. The summed E-state index contributed by atoms with van der Waals surface area (Å²) in [6.07, 6.45) is 3.27. The SMILES string of the molecule is CC(=O)NC1CCCCC1C(=O)NC(C)C(C[NH3+])C(=O)N1C(=O)C(CNC(=O)CS)C1(C)C. The van der Waals surface area contributed by atoms with E-state index in [0.717, 1.165) is 19.3 Å². The summed E-state index contributed by atoms with van der Waals surface area (Å²) < 4.78 is 0. The zero-order chi connectivity index (χ0) is 24.9.